The van der Waals surface area contributed by atoms with Crippen LogP contribution in [0.25, 0.3) is 0 Å². The third kappa shape index (κ3) is 4.30. The lowest BCUT2D eigenvalue weighted by Crippen LogP contribution is -2.18. The van der Waals surface area contributed by atoms with Gasteiger partial charge in [0.2, 0.25) is 0 Å². The number of halogens is 3. The van der Waals surface area contributed by atoms with Crippen LogP contribution in [0.15, 0.2) is 48.5 Å². The molecular weight excluding hydrogens is 265 g/mol. The lowest BCUT2D eigenvalue weighted by Gasteiger charge is -2.13. The van der Waals surface area contributed by atoms with Gasteiger partial charge in [0.25, 0.3) is 0 Å². The molecule has 0 fully saturated rings. The second-order valence-electron chi connectivity index (χ2n) is 4.47. The van der Waals surface area contributed by atoms with Gasteiger partial charge < -0.3 is 4.74 Å². The fourth-order valence-corrected chi connectivity index (χ4v) is 1.83. The predicted molar refractivity (Wildman–Crippen MR) is 71.4 cm³/mol. The Bertz CT molecular complexity index is 559. The average molecular weight is 279 g/mol. The second kappa shape index (κ2) is 5.99. The van der Waals surface area contributed by atoms with E-state index in [2.05, 4.69) is 4.74 Å². The molecule has 4 heteroatoms. The van der Waals surface area contributed by atoms with Crippen molar-refractivity contribution in [2.75, 3.05) is 0 Å². The number of hydrogen-bond donors (Lipinski definition) is 0. The summed E-state index contributed by atoms with van der Waals surface area (Å²) in [5, 5.41) is 0. The number of hydrogen-bond acceptors (Lipinski definition) is 1. The maximum absolute atomic E-state index is 12.3. The van der Waals surface area contributed by atoms with Crippen LogP contribution < -0.4 is 4.74 Å². The Morgan fingerprint density at radius 1 is 1.00 bits per heavy atom. The van der Waals surface area contributed by atoms with E-state index in [0.29, 0.717) is 12.0 Å². The zero-order valence-electron chi connectivity index (χ0n) is 10.9. The molecule has 0 aliphatic heterocycles. The van der Waals surface area contributed by atoms with E-state index in [1.807, 2.05) is 37.6 Å². The van der Waals surface area contributed by atoms with Crippen molar-refractivity contribution < 1.29 is 17.9 Å². The van der Waals surface area contributed by atoms with Crippen molar-refractivity contribution >= 4 is 0 Å². The molecule has 20 heavy (non-hydrogen) atoms. The van der Waals surface area contributed by atoms with Gasteiger partial charge in [-0.2, -0.15) is 0 Å². The van der Waals surface area contributed by atoms with Crippen molar-refractivity contribution in [3.8, 4) is 5.75 Å². The molecule has 2 aromatic rings. The van der Waals surface area contributed by atoms with Crippen LogP contribution in [-0.4, -0.2) is 6.36 Å². The minimum Gasteiger partial charge on any atom is -0.406 e. The van der Waals surface area contributed by atoms with E-state index in [0.717, 1.165) is 11.1 Å². The molecule has 2 aromatic carbocycles. The molecule has 0 spiro atoms. The molecule has 0 aliphatic carbocycles. The summed E-state index contributed by atoms with van der Waals surface area (Å²) in [6, 6.07) is 14.0. The monoisotopic (exact) mass is 279 g/mol. The van der Waals surface area contributed by atoms with Crippen molar-refractivity contribution in [2.24, 2.45) is 0 Å². The van der Waals surface area contributed by atoms with Gasteiger partial charge in [0.05, 0.1) is 0 Å². The van der Waals surface area contributed by atoms with Crippen LogP contribution in [0.1, 0.15) is 16.7 Å². The zero-order valence-corrected chi connectivity index (χ0v) is 10.9. The molecule has 0 aromatic heterocycles. The Morgan fingerprint density at radius 2 is 1.65 bits per heavy atom. The maximum Gasteiger partial charge on any atom is 0.573 e. The number of para-hydroxylation sites is 1. The molecule has 0 N–H and O–H groups in total. The van der Waals surface area contributed by atoms with E-state index >= 15 is 0 Å². The smallest absolute Gasteiger partial charge is 0.406 e. The molecule has 0 saturated heterocycles. The van der Waals surface area contributed by atoms with Crippen LogP contribution in [0, 0.1) is 13.3 Å². The molecule has 0 aliphatic rings. The highest BCUT2D eigenvalue weighted by Gasteiger charge is 2.31. The Balaban J connectivity index is 2.07. The van der Waals surface area contributed by atoms with Crippen LogP contribution in [0.2, 0.25) is 0 Å². The fourth-order valence-electron chi connectivity index (χ4n) is 1.83. The minimum atomic E-state index is -4.67. The van der Waals surface area contributed by atoms with E-state index < -0.39 is 6.36 Å². The van der Waals surface area contributed by atoms with Gasteiger partial charge >= 0.3 is 6.36 Å². The Kier molecular flexibility index (Phi) is 4.32. The van der Waals surface area contributed by atoms with E-state index in [1.165, 1.54) is 12.1 Å². The van der Waals surface area contributed by atoms with Crippen molar-refractivity contribution in [3.05, 3.63) is 71.6 Å². The summed E-state index contributed by atoms with van der Waals surface area (Å²) in [5.41, 5.74) is 2.62. The maximum atomic E-state index is 12.3. The summed E-state index contributed by atoms with van der Waals surface area (Å²) in [6.07, 6.45) is -2.41. The lowest BCUT2D eigenvalue weighted by atomic mass is 10.0. The lowest BCUT2D eigenvalue weighted by molar-refractivity contribution is -0.274. The van der Waals surface area contributed by atoms with Gasteiger partial charge in [-0.25, -0.2) is 0 Å². The van der Waals surface area contributed by atoms with E-state index in [1.54, 1.807) is 12.1 Å². The summed E-state index contributed by atoms with van der Waals surface area (Å²) in [4.78, 5) is 0. The van der Waals surface area contributed by atoms with E-state index in [4.69, 9.17) is 0 Å². The molecule has 1 nitrogen and oxygen atoms in total. The van der Waals surface area contributed by atoms with Crippen molar-refractivity contribution in [1.82, 2.24) is 0 Å². The highest BCUT2D eigenvalue weighted by atomic mass is 19.4. The van der Waals surface area contributed by atoms with Crippen molar-refractivity contribution in [2.45, 2.75) is 19.7 Å². The highest BCUT2D eigenvalue weighted by Crippen LogP contribution is 2.27. The minimum absolute atomic E-state index is 0.150. The molecule has 105 valence electrons. The fraction of sp³-hybridized carbons (Fsp3) is 0.188. The van der Waals surface area contributed by atoms with Crippen LogP contribution in [-0.2, 0) is 6.42 Å². The standard InChI is InChI=1S/C16H14F3O/c1-12-6-8-13(9-7-12)10-11-14-4-2-3-5-15(14)20-16(17,18)19/h2-10H,11H2,1H3. The first-order chi connectivity index (χ1) is 9.44. The number of alkyl halides is 3. The number of rotatable bonds is 4. The molecule has 1 radical (unpaired) electrons. The highest BCUT2D eigenvalue weighted by molar-refractivity contribution is 5.37. The van der Waals surface area contributed by atoms with Crippen LogP contribution in [0.4, 0.5) is 13.2 Å². The number of ether oxygens (including phenoxy) is 1. The van der Waals surface area contributed by atoms with Gasteiger partial charge in [-0.3, -0.25) is 0 Å². The summed E-state index contributed by atoms with van der Waals surface area (Å²) >= 11 is 0. The van der Waals surface area contributed by atoms with Crippen LogP contribution in [0.3, 0.4) is 0 Å². The summed E-state index contributed by atoms with van der Waals surface area (Å²) in [5.74, 6) is -0.150. The molecule has 0 saturated carbocycles. The Labute approximate surface area is 116 Å². The summed E-state index contributed by atoms with van der Waals surface area (Å²) in [7, 11) is 0. The van der Waals surface area contributed by atoms with Crippen molar-refractivity contribution in [1.29, 1.82) is 0 Å². The quantitative estimate of drug-likeness (QED) is 0.789. The van der Waals surface area contributed by atoms with E-state index in [9.17, 15) is 13.2 Å². The molecule has 0 atom stereocenters. The SMILES string of the molecule is Cc1ccc([CH]Cc2ccccc2OC(F)(F)F)cc1. The Morgan fingerprint density at radius 3 is 2.30 bits per heavy atom. The second-order valence-corrected chi connectivity index (χ2v) is 4.47. The molecule has 0 unspecified atom stereocenters. The van der Waals surface area contributed by atoms with E-state index in [-0.39, 0.29) is 5.75 Å². The predicted octanol–water partition coefficient (Wildman–Crippen LogP) is 4.69. The third-order valence-electron chi connectivity index (χ3n) is 2.83. The van der Waals surface area contributed by atoms with Crippen molar-refractivity contribution in [3.63, 3.8) is 0 Å². The average Bonchev–Trinajstić information content (AvgIpc) is 2.38. The number of aryl methyl sites for hydroxylation is 1. The summed E-state index contributed by atoms with van der Waals surface area (Å²) in [6.45, 7) is 1.98. The van der Waals surface area contributed by atoms with Gasteiger partial charge in [-0.1, -0.05) is 48.0 Å². The molecule has 0 amide bonds. The molecule has 0 bridgehead atoms. The van der Waals surface area contributed by atoms with Gasteiger partial charge in [0.1, 0.15) is 5.75 Å². The largest absolute Gasteiger partial charge is 0.573 e. The first-order valence-electron chi connectivity index (χ1n) is 6.17. The zero-order chi connectivity index (χ0) is 14.6. The number of benzene rings is 2. The third-order valence-corrected chi connectivity index (χ3v) is 2.83. The molecular formula is C16H14F3O. The van der Waals surface area contributed by atoms with Crippen LogP contribution in [0.5, 0.6) is 5.75 Å². The van der Waals surface area contributed by atoms with Gasteiger partial charge in [0, 0.05) is 0 Å². The summed E-state index contributed by atoms with van der Waals surface area (Å²) < 4.78 is 40.9. The molecule has 0 heterocycles. The van der Waals surface area contributed by atoms with Gasteiger partial charge in [0.15, 0.2) is 0 Å². The van der Waals surface area contributed by atoms with Gasteiger partial charge in [-0.05, 0) is 37.0 Å². The first kappa shape index (κ1) is 14.4. The molecule has 2 rings (SSSR count). The normalized spacial score (nSPS) is 11.4. The Hall–Kier alpha value is -1.97. The van der Waals surface area contributed by atoms with Crippen LogP contribution >= 0.6 is 0 Å². The topological polar surface area (TPSA) is 9.23 Å². The van der Waals surface area contributed by atoms with Gasteiger partial charge in [-0.15, -0.1) is 13.2 Å². The first-order valence-corrected chi connectivity index (χ1v) is 6.17.